The van der Waals surface area contributed by atoms with Crippen molar-refractivity contribution in [2.24, 2.45) is 0 Å². The predicted octanol–water partition coefficient (Wildman–Crippen LogP) is 3.80. The molecule has 1 aromatic carbocycles. The summed E-state index contributed by atoms with van der Waals surface area (Å²) >= 11 is 0. The Morgan fingerprint density at radius 3 is 2.70 bits per heavy atom. The first-order valence-electron chi connectivity index (χ1n) is 8.94. The van der Waals surface area contributed by atoms with Gasteiger partial charge in [-0.2, -0.15) is 0 Å². The molecule has 2 aromatic heterocycles. The lowest BCUT2D eigenvalue weighted by Gasteiger charge is -2.09. The highest BCUT2D eigenvalue weighted by atomic mass is 16.5. The van der Waals surface area contributed by atoms with Crippen molar-refractivity contribution in [3.8, 4) is 11.5 Å². The molecule has 0 spiro atoms. The lowest BCUT2D eigenvalue weighted by Crippen LogP contribution is -2.03. The maximum atomic E-state index is 11.8. The molecule has 0 saturated carbocycles. The number of carbonyl (C=O) groups is 1. The molecule has 0 saturated heterocycles. The van der Waals surface area contributed by atoms with Crippen LogP contribution in [0.3, 0.4) is 0 Å². The van der Waals surface area contributed by atoms with E-state index in [1.165, 1.54) is 0 Å². The van der Waals surface area contributed by atoms with Crippen LogP contribution in [-0.4, -0.2) is 34.4 Å². The lowest BCUT2D eigenvalue weighted by molar-refractivity contribution is 0.0698. The second kappa shape index (κ2) is 6.90. The molecular weight excluding hydrogens is 348 g/mol. The second-order valence-corrected chi connectivity index (χ2v) is 6.87. The first kappa shape index (κ1) is 17.3. The summed E-state index contributed by atoms with van der Waals surface area (Å²) in [5, 5.41) is 14.2. The highest BCUT2D eigenvalue weighted by Gasteiger charge is 2.21. The first-order chi connectivity index (χ1) is 13.0. The summed E-state index contributed by atoms with van der Waals surface area (Å²) < 4.78 is 16.7. The molecule has 140 valence electrons. The molecule has 3 aromatic rings. The van der Waals surface area contributed by atoms with Crippen molar-refractivity contribution >= 4 is 17.1 Å². The van der Waals surface area contributed by atoms with E-state index in [-0.39, 0.29) is 17.2 Å². The molecular formula is C20H20N2O5. The number of benzene rings is 1. The molecule has 27 heavy (non-hydrogen) atoms. The van der Waals surface area contributed by atoms with Gasteiger partial charge in [0.1, 0.15) is 0 Å². The summed E-state index contributed by atoms with van der Waals surface area (Å²) in [6, 6.07) is 7.29. The standard InChI is InChI=1S/C20H20N2O5/c1-11(2)14-10-13(20(23)24)18-15(22-27-19(18)21-14)8-12-4-5-16-17(9-12)26-7-3-6-25-16/h4-5,9-11H,3,6-8H2,1-2H3,(H,23,24). The Labute approximate surface area is 155 Å². The molecule has 0 fully saturated rings. The minimum atomic E-state index is -1.02. The van der Waals surface area contributed by atoms with E-state index in [1.807, 2.05) is 32.0 Å². The van der Waals surface area contributed by atoms with Crippen LogP contribution in [0.25, 0.3) is 11.1 Å². The van der Waals surface area contributed by atoms with E-state index in [0.717, 1.165) is 17.7 Å². The number of rotatable bonds is 4. The third-order valence-corrected chi connectivity index (χ3v) is 4.54. The van der Waals surface area contributed by atoms with Crippen LogP contribution < -0.4 is 9.47 Å². The Kier molecular flexibility index (Phi) is 4.43. The minimum absolute atomic E-state index is 0.0859. The molecule has 7 heteroatoms. The molecule has 1 aliphatic rings. The summed E-state index contributed by atoms with van der Waals surface area (Å²) in [6.45, 7) is 5.14. The molecule has 0 aliphatic carbocycles. The van der Waals surface area contributed by atoms with Crippen molar-refractivity contribution < 1.29 is 23.9 Å². The zero-order valence-electron chi connectivity index (χ0n) is 15.2. The molecule has 0 bridgehead atoms. The number of pyridine rings is 1. The summed E-state index contributed by atoms with van der Waals surface area (Å²) in [4.78, 5) is 16.2. The average Bonchev–Trinajstić information content (AvgIpc) is 2.89. The van der Waals surface area contributed by atoms with Crippen LogP contribution in [0, 0.1) is 0 Å². The van der Waals surface area contributed by atoms with Crippen molar-refractivity contribution in [3.63, 3.8) is 0 Å². The van der Waals surface area contributed by atoms with Crippen LogP contribution in [-0.2, 0) is 6.42 Å². The van der Waals surface area contributed by atoms with Crippen LogP contribution in [0.5, 0.6) is 11.5 Å². The number of aromatic carboxylic acids is 1. The second-order valence-electron chi connectivity index (χ2n) is 6.87. The fraction of sp³-hybridized carbons (Fsp3) is 0.350. The minimum Gasteiger partial charge on any atom is -0.490 e. The van der Waals surface area contributed by atoms with Gasteiger partial charge >= 0.3 is 5.97 Å². The zero-order chi connectivity index (χ0) is 19.0. The van der Waals surface area contributed by atoms with Crippen LogP contribution in [0.15, 0.2) is 28.8 Å². The van der Waals surface area contributed by atoms with Crippen molar-refractivity contribution in [2.45, 2.75) is 32.6 Å². The van der Waals surface area contributed by atoms with Gasteiger partial charge in [-0.1, -0.05) is 25.1 Å². The van der Waals surface area contributed by atoms with Crippen molar-refractivity contribution in [1.29, 1.82) is 0 Å². The fourth-order valence-corrected chi connectivity index (χ4v) is 3.13. The summed E-state index contributed by atoms with van der Waals surface area (Å²) in [5.41, 5.74) is 2.55. The van der Waals surface area contributed by atoms with E-state index < -0.39 is 5.97 Å². The van der Waals surface area contributed by atoms with Gasteiger partial charge in [-0.05, 0) is 29.7 Å². The van der Waals surface area contributed by atoms with Gasteiger partial charge in [-0.25, -0.2) is 9.78 Å². The molecule has 0 radical (unpaired) electrons. The van der Waals surface area contributed by atoms with Gasteiger partial charge in [0.2, 0.25) is 0 Å². The lowest BCUT2D eigenvalue weighted by atomic mass is 10.0. The van der Waals surface area contributed by atoms with Gasteiger partial charge in [-0.3, -0.25) is 0 Å². The van der Waals surface area contributed by atoms with Crippen LogP contribution >= 0.6 is 0 Å². The van der Waals surface area contributed by atoms with Gasteiger partial charge in [0, 0.05) is 18.5 Å². The fourth-order valence-electron chi connectivity index (χ4n) is 3.13. The normalized spacial score (nSPS) is 13.7. The van der Waals surface area contributed by atoms with Gasteiger partial charge in [0.25, 0.3) is 5.71 Å². The Morgan fingerprint density at radius 2 is 1.96 bits per heavy atom. The van der Waals surface area contributed by atoms with Gasteiger partial charge in [-0.15, -0.1) is 0 Å². The van der Waals surface area contributed by atoms with E-state index in [2.05, 4.69) is 10.1 Å². The number of nitrogens with zero attached hydrogens (tertiary/aromatic N) is 2. The number of hydrogen-bond acceptors (Lipinski definition) is 6. The van der Waals surface area contributed by atoms with Gasteiger partial charge in [0.15, 0.2) is 11.5 Å². The number of carboxylic acids is 1. The Bertz CT molecular complexity index is 1010. The number of carboxylic acid groups (broad SMARTS) is 1. The number of aromatic nitrogens is 2. The SMILES string of the molecule is CC(C)c1cc(C(=O)O)c2c(Cc3ccc4c(c3)OCCCO4)noc2n1. The van der Waals surface area contributed by atoms with E-state index in [0.29, 0.717) is 42.2 Å². The molecule has 0 amide bonds. The monoisotopic (exact) mass is 368 g/mol. The Hall–Kier alpha value is -3.09. The molecule has 1 aliphatic heterocycles. The van der Waals surface area contributed by atoms with E-state index in [4.69, 9.17) is 14.0 Å². The van der Waals surface area contributed by atoms with Crippen molar-refractivity contribution in [3.05, 3.63) is 46.8 Å². The van der Waals surface area contributed by atoms with Crippen molar-refractivity contribution in [1.82, 2.24) is 10.1 Å². The average molecular weight is 368 g/mol. The van der Waals surface area contributed by atoms with E-state index in [9.17, 15) is 9.90 Å². The topological polar surface area (TPSA) is 94.7 Å². The third kappa shape index (κ3) is 3.32. The summed E-state index contributed by atoms with van der Waals surface area (Å²) in [7, 11) is 0. The highest BCUT2D eigenvalue weighted by molar-refractivity contribution is 6.02. The quantitative estimate of drug-likeness (QED) is 0.748. The molecule has 4 rings (SSSR count). The maximum absolute atomic E-state index is 11.8. The molecule has 1 N–H and O–H groups in total. The van der Waals surface area contributed by atoms with Crippen LogP contribution in [0.1, 0.15) is 53.5 Å². The summed E-state index contributed by atoms with van der Waals surface area (Å²) in [5.74, 6) is 0.474. The van der Waals surface area contributed by atoms with E-state index >= 15 is 0 Å². The number of ether oxygens (including phenoxy) is 2. The summed E-state index contributed by atoms with van der Waals surface area (Å²) in [6.07, 6.45) is 1.25. The van der Waals surface area contributed by atoms with E-state index in [1.54, 1.807) is 6.07 Å². The van der Waals surface area contributed by atoms with Crippen LogP contribution in [0.4, 0.5) is 0 Å². The number of fused-ring (bicyclic) bond motifs is 2. The highest BCUT2D eigenvalue weighted by Crippen LogP contribution is 2.32. The first-order valence-corrected chi connectivity index (χ1v) is 8.94. The molecule has 0 atom stereocenters. The Morgan fingerprint density at radius 1 is 1.19 bits per heavy atom. The number of hydrogen-bond donors (Lipinski definition) is 1. The molecule has 7 nitrogen and oxygen atoms in total. The molecule has 0 unspecified atom stereocenters. The largest absolute Gasteiger partial charge is 0.490 e. The van der Waals surface area contributed by atoms with Crippen molar-refractivity contribution in [2.75, 3.05) is 13.2 Å². The van der Waals surface area contributed by atoms with Gasteiger partial charge < -0.3 is 19.1 Å². The predicted molar refractivity (Wildman–Crippen MR) is 97.7 cm³/mol. The Balaban J connectivity index is 1.74. The zero-order valence-corrected chi connectivity index (χ0v) is 15.2. The smallest absolute Gasteiger partial charge is 0.336 e. The maximum Gasteiger partial charge on any atom is 0.336 e. The third-order valence-electron chi connectivity index (χ3n) is 4.54. The molecule has 3 heterocycles. The van der Waals surface area contributed by atoms with Gasteiger partial charge in [0.05, 0.1) is 29.9 Å². The van der Waals surface area contributed by atoms with Crippen LogP contribution in [0.2, 0.25) is 0 Å².